The molecule has 1 aromatic rings. The number of azide groups is 1. The quantitative estimate of drug-likeness (QED) is 0.360. The van der Waals surface area contributed by atoms with E-state index in [1.165, 1.54) is 0 Å². The Morgan fingerprint density at radius 1 is 1.43 bits per heavy atom. The molecule has 1 aliphatic rings. The van der Waals surface area contributed by atoms with Crippen molar-refractivity contribution in [2.75, 3.05) is 25.2 Å². The van der Waals surface area contributed by atoms with Crippen molar-refractivity contribution in [1.29, 1.82) is 0 Å². The molecule has 6 nitrogen and oxygen atoms in total. The van der Waals surface area contributed by atoms with Gasteiger partial charge in [0.05, 0.1) is 23.3 Å². The molecule has 1 saturated heterocycles. The Kier molecular flexibility index (Phi) is 5.52. The second-order valence-corrected chi connectivity index (χ2v) is 7.77. The highest BCUT2D eigenvalue weighted by atomic mass is 32.2. The van der Waals surface area contributed by atoms with Gasteiger partial charge < -0.3 is 4.74 Å². The largest absolute Gasteiger partial charge is 0.381 e. The fourth-order valence-electron chi connectivity index (χ4n) is 2.32. The first kappa shape index (κ1) is 16.2. The van der Waals surface area contributed by atoms with Gasteiger partial charge in [0.1, 0.15) is 0 Å². The molecule has 0 amide bonds. The van der Waals surface area contributed by atoms with Crippen LogP contribution in [0.3, 0.4) is 0 Å². The van der Waals surface area contributed by atoms with Crippen LogP contribution in [0.15, 0.2) is 39.2 Å². The van der Waals surface area contributed by atoms with Crippen LogP contribution in [0.1, 0.15) is 6.42 Å². The van der Waals surface area contributed by atoms with Gasteiger partial charge in [-0.05, 0) is 48.4 Å². The number of ether oxygens (including phenoxy) is 1. The lowest BCUT2D eigenvalue weighted by molar-refractivity contribution is 0.0556. The predicted octanol–water partition coefficient (Wildman–Crippen LogP) is 2.90. The summed E-state index contributed by atoms with van der Waals surface area (Å²) in [6, 6.07) is 6.44. The third-order valence-corrected chi connectivity index (χ3v) is 6.12. The fourth-order valence-corrected chi connectivity index (χ4v) is 4.42. The van der Waals surface area contributed by atoms with Crippen molar-refractivity contribution in [2.24, 2.45) is 11.0 Å². The van der Waals surface area contributed by atoms with Crippen LogP contribution in [-0.2, 0) is 14.6 Å². The number of rotatable bonds is 5. The number of thioether (sulfide) groups is 1. The number of sulfone groups is 1. The molecule has 1 fully saturated rings. The van der Waals surface area contributed by atoms with Gasteiger partial charge in [0.2, 0.25) is 0 Å². The molecule has 1 aromatic carbocycles. The zero-order valence-corrected chi connectivity index (χ0v) is 13.3. The number of hydrogen-bond donors (Lipinski definition) is 0. The summed E-state index contributed by atoms with van der Waals surface area (Å²) in [5.41, 5.74) is 8.56. The van der Waals surface area contributed by atoms with Crippen LogP contribution in [0.4, 0.5) is 0 Å². The number of hydrogen-bond acceptors (Lipinski definition) is 5. The van der Waals surface area contributed by atoms with Gasteiger partial charge in [-0.1, -0.05) is 5.11 Å². The number of nitrogens with zero attached hydrogens (tertiary/aromatic N) is 3. The molecule has 0 aliphatic carbocycles. The van der Waals surface area contributed by atoms with E-state index in [1.807, 2.05) is 6.26 Å². The Morgan fingerprint density at radius 2 is 2.14 bits per heavy atom. The smallest absolute Gasteiger partial charge is 0.178 e. The molecule has 114 valence electrons. The molecular formula is C13H17N3O3S2. The highest BCUT2D eigenvalue weighted by molar-refractivity contribution is 7.98. The summed E-state index contributed by atoms with van der Waals surface area (Å²) in [7, 11) is -3.38. The van der Waals surface area contributed by atoms with Gasteiger partial charge in [-0.3, -0.25) is 0 Å². The minimum absolute atomic E-state index is 0.0152. The molecule has 21 heavy (non-hydrogen) atoms. The van der Waals surface area contributed by atoms with Crippen LogP contribution in [-0.4, -0.2) is 39.7 Å². The minimum atomic E-state index is -3.38. The van der Waals surface area contributed by atoms with Gasteiger partial charge in [0.25, 0.3) is 0 Å². The Hall–Kier alpha value is -1.21. The molecule has 0 unspecified atom stereocenters. The molecule has 0 saturated carbocycles. The Labute approximate surface area is 128 Å². The maximum Gasteiger partial charge on any atom is 0.178 e. The van der Waals surface area contributed by atoms with Crippen LogP contribution in [0.2, 0.25) is 0 Å². The van der Waals surface area contributed by atoms with Crippen LogP contribution >= 0.6 is 11.8 Å². The van der Waals surface area contributed by atoms with Crippen molar-refractivity contribution >= 4 is 21.6 Å². The predicted molar refractivity (Wildman–Crippen MR) is 82.1 cm³/mol. The highest BCUT2D eigenvalue weighted by Crippen LogP contribution is 2.25. The second kappa shape index (κ2) is 7.17. The van der Waals surface area contributed by atoms with Crippen molar-refractivity contribution in [3.8, 4) is 0 Å². The molecule has 1 aliphatic heterocycles. The lowest BCUT2D eigenvalue weighted by Crippen LogP contribution is -2.35. The maximum atomic E-state index is 12.5. The molecule has 0 aromatic heterocycles. The molecule has 2 rings (SSSR count). The Bertz CT molecular complexity index is 625. The van der Waals surface area contributed by atoms with Gasteiger partial charge in [-0.2, -0.15) is 0 Å². The summed E-state index contributed by atoms with van der Waals surface area (Å²) in [5, 5.41) is 3.66. The van der Waals surface area contributed by atoms with E-state index in [9.17, 15) is 8.42 Å². The van der Waals surface area contributed by atoms with Crippen molar-refractivity contribution in [1.82, 2.24) is 0 Å². The number of benzene rings is 1. The molecular weight excluding hydrogens is 310 g/mol. The highest BCUT2D eigenvalue weighted by Gasteiger charge is 2.30. The SMILES string of the molecule is CSc1ccc(S(=O)(=O)C[C@@H]2CCOC[C@@H]2N=[N+]=[N-])cc1. The minimum Gasteiger partial charge on any atom is -0.381 e. The summed E-state index contributed by atoms with van der Waals surface area (Å²) >= 11 is 1.56. The Balaban J connectivity index is 2.16. The summed E-state index contributed by atoms with van der Waals surface area (Å²) in [5.74, 6) is -0.210. The van der Waals surface area contributed by atoms with E-state index in [0.29, 0.717) is 17.9 Å². The zero-order valence-electron chi connectivity index (χ0n) is 11.7. The van der Waals surface area contributed by atoms with Gasteiger partial charge in [-0.25, -0.2) is 8.42 Å². The average Bonchev–Trinajstić information content (AvgIpc) is 2.49. The van der Waals surface area contributed by atoms with Crippen molar-refractivity contribution in [3.63, 3.8) is 0 Å². The van der Waals surface area contributed by atoms with E-state index in [0.717, 1.165) is 4.90 Å². The normalized spacial score (nSPS) is 22.5. The van der Waals surface area contributed by atoms with Gasteiger partial charge in [0, 0.05) is 16.4 Å². The third kappa shape index (κ3) is 4.14. The summed E-state index contributed by atoms with van der Waals surface area (Å²) in [6.45, 7) is 0.790. The lowest BCUT2D eigenvalue weighted by Gasteiger charge is -2.27. The van der Waals surface area contributed by atoms with Gasteiger partial charge in [0.15, 0.2) is 9.84 Å². The second-order valence-electron chi connectivity index (χ2n) is 4.85. The maximum absolute atomic E-state index is 12.5. The zero-order chi connectivity index (χ0) is 15.3. The first-order valence-corrected chi connectivity index (χ1v) is 9.43. The monoisotopic (exact) mass is 327 g/mol. The lowest BCUT2D eigenvalue weighted by atomic mass is 9.98. The molecule has 0 spiro atoms. The van der Waals surface area contributed by atoms with E-state index < -0.39 is 15.9 Å². The van der Waals surface area contributed by atoms with Crippen molar-refractivity contribution in [2.45, 2.75) is 22.3 Å². The van der Waals surface area contributed by atoms with Crippen molar-refractivity contribution in [3.05, 3.63) is 34.7 Å². The van der Waals surface area contributed by atoms with Crippen LogP contribution < -0.4 is 0 Å². The van der Waals surface area contributed by atoms with Crippen LogP contribution in [0.5, 0.6) is 0 Å². The molecule has 0 N–H and O–H groups in total. The van der Waals surface area contributed by atoms with Crippen LogP contribution in [0, 0.1) is 5.92 Å². The molecule has 1 heterocycles. The summed E-state index contributed by atoms with van der Waals surface area (Å²) < 4.78 is 30.2. The molecule has 2 atom stereocenters. The van der Waals surface area contributed by atoms with E-state index in [1.54, 1.807) is 36.0 Å². The topological polar surface area (TPSA) is 92.1 Å². The van der Waals surface area contributed by atoms with Gasteiger partial charge >= 0.3 is 0 Å². The molecule has 0 bridgehead atoms. The van der Waals surface area contributed by atoms with Crippen molar-refractivity contribution < 1.29 is 13.2 Å². The van der Waals surface area contributed by atoms with E-state index >= 15 is 0 Å². The first-order valence-electron chi connectivity index (χ1n) is 6.55. The van der Waals surface area contributed by atoms with E-state index in [-0.39, 0.29) is 18.3 Å². The summed E-state index contributed by atoms with van der Waals surface area (Å²) in [4.78, 5) is 4.11. The summed E-state index contributed by atoms with van der Waals surface area (Å²) in [6.07, 6.45) is 2.53. The molecule has 8 heteroatoms. The van der Waals surface area contributed by atoms with E-state index in [4.69, 9.17) is 10.3 Å². The first-order chi connectivity index (χ1) is 10.1. The molecule has 0 radical (unpaired) electrons. The van der Waals surface area contributed by atoms with Crippen LogP contribution in [0.25, 0.3) is 10.4 Å². The standard InChI is InChI=1S/C13H17N3O3S2/c1-20-11-2-4-12(5-3-11)21(17,18)9-10-6-7-19-8-13(10)15-16-14/h2-5,10,13H,6-9H2,1H3/t10-,13-/m0/s1. The Morgan fingerprint density at radius 3 is 2.76 bits per heavy atom. The third-order valence-electron chi connectivity index (χ3n) is 3.52. The average molecular weight is 327 g/mol. The van der Waals surface area contributed by atoms with Gasteiger partial charge in [-0.15, -0.1) is 11.8 Å². The fraction of sp³-hybridized carbons (Fsp3) is 0.538. The van der Waals surface area contributed by atoms with E-state index in [2.05, 4.69) is 10.0 Å².